The molecular formula is C21H21ClN2O2S. The second-order valence-electron chi connectivity index (χ2n) is 7.73. The lowest BCUT2D eigenvalue weighted by molar-refractivity contribution is -0.134. The maximum absolute atomic E-state index is 13.0. The van der Waals surface area contributed by atoms with Gasteiger partial charge in [0.2, 0.25) is 11.8 Å². The molecule has 2 heterocycles. The van der Waals surface area contributed by atoms with Crippen LogP contribution in [0.15, 0.2) is 47.4 Å². The Morgan fingerprint density at radius 2 is 2.07 bits per heavy atom. The van der Waals surface area contributed by atoms with Gasteiger partial charge in [0.25, 0.3) is 0 Å². The zero-order valence-corrected chi connectivity index (χ0v) is 16.9. The van der Waals surface area contributed by atoms with Gasteiger partial charge in [-0.15, -0.1) is 11.8 Å². The monoisotopic (exact) mass is 400 g/mol. The predicted octanol–water partition coefficient (Wildman–Crippen LogP) is 4.46. The van der Waals surface area contributed by atoms with E-state index in [1.54, 1.807) is 12.1 Å². The molecule has 2 aliphatic heterocycles. The van der Waals surface area contributed by atoms with Gasteiger partial charge >= 0.3 is 0 Å². The quantitative estimate of drug-likeness (QED) is 0.809. The van der Waals surface area contributed by atoms with E-state index in [-0.39, 0.29) is 23.7 Å². The van der Waals surface area contributed by atoms with E-state index in [0.717, 1.165) is 4.90 Å². The lowest BCUT2D eigenvalue weighted by Gasteiger charge is -2.40. The maximum Gasteiger partial charge on any atom is 0.238 e. The zero-order valence-electron chi connectivity index (χ0n) is 15.3. The molecule has 0 bridgehead atoms. The number of nitrogens with zero attached hydrogens (tertiary/aromatic N) is 1. The molecule has 1 N–H and O–H groups in total. The molecule has 2 amide bonds. The smallest absolute Gasteiger partial charge is 0.238 e. The number of rotatable bonds is 2. The molecule has 6 heteroatoms. The van der Waals surface area contributed by atoms with E-state index in [9.17, 15) is 9.59 Å². The van der Waals surface area contributed by atoms with Gasteiger partial charge in [-0.3, -0.25) is 9.59 Å². The van der Waals surface area contributed by atoms with Crippen LogP contribution in [0.2, 0.25) is 5.02 Å². The van der Waals surface area contributed by atoms with E-state index in [1.807, 2.05) is 23.1 Å². The van der Waals surface area contributed by atoms with Crippen molar-refractivity contribution in [2.75, 3.05) is 11.9 Å². The number of hydrogen-bond donors (Lipinski definition) is 1. The van der Waals surface area contributed by atoms with Crippen molar-refractivity contribution in [3.05, 3.63) is 58.6 Å². The van der Waals surface area contributed by atoms with Gasteiger partial charge in [-0.05, 0) is 29.3 Å². The first-order valence-electron chi connectivity index (χ1n) is 8.97. The minimum Gasteiger partial charge on any atom is -0.337 e. The standard InChI is InChI=1S/C21H21ClN2O2S/c1-21(2)12-24(11-13-5-3-4-6-15(13)21)19(25)10-18-20(26)23-16-9-14(22)7-8-17(16)27-18/h3-9,18H,10-12H2,1-2H3,(H,23,26)/t18-/m0/s1. The van der Waals surface area contributed by atoms with E-state index in [2.05, 4.69) is 31.3 Å². The van der Waals surface area contributed by atoms with Crippen LogP contribution in [-0.2, 0) is 21.5 Å². The number of benzene rings is 2. The van der Waals surface area contributed by atoms with Gasteiger partial charge in [0.05, 0.1) is 10.9 Å². The van der Waals surface area contributed by atoms with Crippen LogP contribution in [0, 0.1) is 0 Å². The highest BCUT2D eigenvalue weighted by molar-refractivity contribution is 8.01. The topological polar surface area (TPSA) is 49.4 Å². The Kier molecular flexibility index (Phi) is 4.68. The molecule has 1 atom stereocenters. The highest BCUT2D eigenvalue weighted by Gasteiger charge is 2.36. The molecule has 140 valence electrons. The number of amides is 2. The van der Waals surface area contributed by atoms with Crippen LogP contribution in [0.25, 0.3) is 0 Å². The number of nitrogens with one attached hydrogen (secondary N) is 1. The molecule has 0 aliphatic carbocycles. The largest absolute Gasteiger partial charge is 0.337 e. The predicted molar refractivity (Wildman–Crippen MR) is 109 cm³/mol. The minimum atomic E-state index is -0.425. The Labute approximate surface area is 168 Å². The Bertz CT molecular complexity index is 928. The lowest BCUT2D eigenvalue weighted by atomic mass is 9.78. The summed E-state index contributed by atoms with van der Waals surface area (Å²) in [6.07, 6.45) is 0.191. The first kappa shape index (κ1) is 18.4. The molecule has 2 aliphatic rings. The van der Waals surface area contributed by atoms with Crippen LogP contribution in [0.5, 0.6) is 0 Å². The van der Waals surface area contributed by atoms with Crippen LogP contribution < -0.4 is 5.32 Å². The molecule has 0 radical (unpaired) electrons. The number of carbonyl (C=O) groups is 2. The summed E-state index contributed by atoms with van der Waals surface area (Å²) in [4.78, 5) is 28.3. The van der Waals surface area contributed by atoms with Gasteiger partial charge in [-0.25, -0.2) is 0 Å². The van der Waals surface area contributed by atoms with E-state index in [0.29, 0.717) is 23.8 Å². The summed E-state index contributed by atoms with van der Waals surface area (Å²) >= 11 is 7.43. The Morgan fingerprint density at radius 3 is 2.89 bits per heavy atom. The lowest BCUT2D eigenvalue weighted by Crippen LogP contribution is -2.46. The van der Waals surface area contributed by atoms with Crippen LogP contribution in [0.3, 0.4) is 0 Å². The Hall–Kier alpha value is -1.98. The van der Waals surface area contributed by atoms with Gasteiger partial charge in [-0.1, -0.05) is 49.7 Å². The van der Waals surface area contributed by atoms with Crippen molar-refractivity contribution in [3.8, 4) is 0 Å². The molecule has 4 nitrogen and oxygen atoms in total. The molecule has 0 fully saturated rings. The summed E-state index contributed by atoms with van der Waals surface area (Å²) in [6.45, 7) is 5.58. The average Bonchev–Trinajstić information content (AvgIpc) is 2.62. The normalized spacial score (nSPS) is 20.5. The van der Waals surface area contributed by atoms with Crippen LogP contribution in [0.4, 0.5) is 5.69 Å². The molecule has 0 saturated carbocycles. The van der Waals surface area contributed by atoms with Crippen molar-refractivity contribution >= 4 is 40.9 Å². The van der Waals surface area contributed by atoms with Crippen molar-refractivity contribution in [3.63, 3.8) is 0 Å². The van der Waals surface area contributed by atoms with Crippen molar-refractivity contribution < 1.29 is 9.59 Å². The second-order valence-corrected chi connectivity index (χ2v) is 9.41. The van der Waals surface area contributed by atoms with Gasteiger partial charge in [-0.2, -0.15) is 0 Å². The number of halogens is 1. The van der Waals surface area contributed by atoms with E-state index < -0.39 is 5.25 Å². The third kappa shape index (κ3) is 3.58. The van der Waals surface area contributed by atoms with Crippen molar-refractivity contribution in [2.45, 2.75) is 42.4 Å². The zero-order chi connectivity index (χ0) is 19.2. The van der Waals surface area contributed by atoms with Crippen molar-refractivity contribution in [1.29, 1.82) is 0 Å². The minimum absolute atomic E-state index is 0.0163. The molecule has 0 unspecified atom stereocenters. The second kappa shape index (κ2) is 6.88. The Morgan fingerprint density at radius 1 is 1.30 bits per heavy atom. The SMILES string of the molecule is CC1(C)CN(C(=O)C[C@@H]2Sc3ccc(Cl)cc3NC2=O)Cc2ccccc21. The summed E-state index contributed by atoms with van der Waals surface area (Å²) < 4.78 is 0. The fourth-order valence-corrected chi connectivity index (χ4v) is 5.12. The van der Waals surface area contributed by atoms with Crippen molar-refractivity contribution in [1.82, 2.24) is 4.90 Å². The molecule has 0 spiro atoms. The molecule has 0 aromatic heterocycles. The number of thioether (sulfide) groups is 1. The van der Waals surface area contributed by atoms with Gasteiger partial charge in [0, 0.05) is 34.8 Å². The van der Waals surface area contributed by atoms with E-state index in [4.69, 9.17) is 11.6 Å². The van der Waals surface area contributed by atoms with Gasteiger partial charge in [0.15, 0.2) is 0 Å². The number of anilines is 1. The number of fused-ring (bicyclic) bond motifs is 2. The number of carbonyl (C=O) groups excluding carboxylic acids is 2. The third-order valence-corrected chi connectivity index (χ3v) is 6.68. The molecule has 2 aromatic rings. The van der Waals surface area contributed by atoms with Crippen LogP contribution in [0.1, 0.15) is 31.4 Å². The summed E-state index contributed by atoms with van der Waals surface area (Å²) in [6, 6.07) is 13.7. The summed E-state index contributed by atoms with van der Waals surface area (Å²) in [5.74, 6) is -0.123. The average molecular weight is 401 g/mol. The highest BCUT2D eigenvalue weighted by Crippen LogP contribution is 2.39. The molecule has 0 saturated heterocycles. The van der Waals surface area contributed by atoms with Gasteiger partial charge in [0.1, 0.15) is 0 Å². The fraction of sp³-hybridized carbons (Fsp3) is 0.333. The highest BCUT2D eigenvalue weighted by atomic mass is 35.5. The van der Waals surface area contributed by atoms with Gasteiger partial charge < -0.3 is 10.2 Å². The molecular weight excluding hydrogens is 380 g/mol. The number of hydrogen-bond acceptors (Lipinski definition) is 3. The Balaban J connectivity index is 1.50. The molecule has 27 heavy (non-hydrogen) atoms. The van der Waals surface area contributed by atoms with Crippen LogP contribution in [-0.4, -0.2) is 28.5 Å². The molecule has 4 rings (SSSR count). The van der Waals surface area contributed by atoms with Crippen molar-refractivity contribution in [2.24, 2.45) is 0 Å². The van der Waals surface area contributed by atoms with Crippen LogP contribution >= 0.6 is 23.4 Å². The van der Waals surface area contributed by atoms with E-state index in [1.165, 1.54) is 22.9 Å². The fourth-order valence-electron chi connectivity index (χ4n) is 3.86. The van der Waals surface area contributed by atoms with E-state index >= 15 is 0 Å². The summed E-state index contributed by atoms with van der Waals surface area (Å²) in [7, 11) is 0. The molecule has 2 aromatic carbocycles. The summed E-state index contributed by atoms with van der Waals surface area (Å²) in [5.41, 5.74) is 3.09. The summed E-state index contributed by atoms with van der Waals surface area (Å²) in [5, 5.41) is 3.03. The third-order valence-electron chi connectivity index (χ3n) is 5.17. The first-order valence-corrected chi connectivity index (χ1v) is 10.2. The maximum atomic E-state index is 13.0. The first-order chi connectivity index (χ1) is 12.8.